The topological polar surface area (TPSA) is 23.8 Å². The summed E-state index contributed by atoms with van der Waals surface area (Å²) in [5, 5.41) is 9.25. The predicted molar refractivity (Wildman–Crippen MR) is 42.6 cm³/mol. The highest BCUT2D eigenvalue weighted by molar-refractivity contribution is 9.08. The molecular formula is C8H5BrN. The summed E-state index contributed by atoms with van der Waals surface area (Å²) >= 11 is 3.29. The molecule has 0 atom stereocenters. The number of benzene rings is 1. The number of rotatable bonds is 1. The minimum atomic E-state index is 0.664. The van der Waals surface area contributed by atoms with Crippen LogP contribution in [0.5, 0.6) is 0 Å². The Morgan fingerprint density at radius 1 is 1.60 bits per heavy atom. The van der Waals surface area contributed by atoms with Gasteiger partial charge in [0, 0.05) is 5.33 Å². The molecule has 0 aliphatic heterocycles. The normalized spacial score (nSPS) is 8.80. The molecule has 0 bridgehead atoms. The molecule has 1 nitrogen and oxygen atoms in total. The highest BCUT2D eigenvalue weighted by Crippen LogP contribution is 2.06. The predicted octanol–water partition coefficient (Wildman–Crippen LogP) is 2.25. The number of alkyl halides is 1. The van der Waals surface area contributed by atoms with Gasteiger partial charge in [-0.15, -0.1) is 0 Å². The van der Waals surface area contributed by atoms with Gasteiger partial charge >= 0.3 is 0 Å². The molecule has 1 aromatic rings. The summed E-state index contributed by atoms with van der Waals surface area (Å²) < 4.78 is 0. The van der Waals surface area contributed by atoms with Gasteiger partial charge in [-0.1, -0.05) is 22.0 Å². The molecule has 0 aliphatic carbocycles. The van der Waals surface area contributed by atoms with Crippen molar-refractivity contribution in [3.63, 3.8) is 0 Å². The summed E-state index contributed by atoms with van der Waals surface area (Å²) in [6.07, 6.45) is 0. The molecule has 0 amide bonds. The lowest BCUT2D eigenvalue weighted by molar-refractivity contribution is 1.39. The number of halogens is 1. The summed E-state index contributed by atoms with van der Waals surface area (Å²) in [6.45, 7) is 0. The van der Waals surface area contributed by atoms with Gasteiger partial charge in [-0.05, 0) is 23.8 Å². The van der Waals surface area contributed by atoms with Gasteiger partial charge in [0.05, 0.1) is 11.6 Å². The molecule has 2 heteroatoms. The molecule has 0 saturated carbocycles. The Bertz CT molecular complexity index is 262. The Kier molecular flexibility index (Phi) is 2.47. The van der Waals surface area contributed by atoms with Crippen LogP contribution in [-0.2, 0) is 5.33 Å². The average Bonchev–Trinajstić information content (AvgIpc) is 2.05. The first-order chi connectivity index (χ1) is 4.86. The molecule has 0 N–H and O–H groups in total. The number of hydrogen-bond donors (Lipinski definition) is 0. The first-order valence-corrected chi connectivity index (χ1v) is 3.95. The van der Waals surface area contributed by atoms with E-state index in [-0.39, 0.29) is 0 Å². The van der Waals surface area contributed by atoms with Gasteiger partial charge in [-0.25, -0.2) is 0 Å². The van der Waals surface area contributed by atoms with E-state index < -0.39 is 0 Å². The van der Waals surface area contributed by atoms with Crippen molar-refractivity contribution in [1.82, 2.24) is 0 Å². The van der Waals surface area contributed by atoms with Crippen molar-refractivity contribution in [2.24, 2.45) is 0 Å². The fraction of sp³-hybridized carbons (Fsp3) is 0.125. The molecule has 10 heavy (non-hydrogen) atoms. The average molecular weight is 195 g/mol. The van der Waals surface area contributed by atoms with Gasteiger partial charge in [0.15, 0.2) is 0 Å². The van der Waals surface area contributed by atoms with E-state index in [2.05, 4.69) is 22.0 Å². The number of hydrogen-bond acceptors (Lipinski definition) is 1. The SMILES string of the molecule is N#Cc1c[c]cc(CBr)c1. The van der Waals surface area contributed by atoms with Crippen LogP contribution in [0.25, 0.3) is 0 Å². The molecule has 0 unspecified atom stereocenters. The Balaban J connectivity index is 3.01. The van der Waals surface area contributed by atoms with Gasteiger partial charge in [-0.2, -0.15) is 5.26 Å². The zero-order valence-electron chi connectivity index (χ0n) is 5.26. The van der Waals surface area contributed by atoms with Gasteiger partial charge in [0.1, 0.15) is 0 Å². The maximum Gasteiger partial charge on any atom is 0.0991 e. The smallest absolute Gasteiger partial charge is 0.0991 e. The Morgan fingerprint density at radius 3 is 3.00 bits per heavy atom. The molecule has 0 saturated heterocycles. The first-order valence-electron chi connectivity index (χ1n) is 2.83. The lowest BCUT2D eigenvalue weighted by Gasteiger charge is -1.92. The fourth-order valence-corrected chi connectivity index (χ4v) is 0.987. The summed E-state index contributed by atoms with van der Waals surface area (Å²) in [5.41, 5.74) is 1.75. The van der Waals surface area contributed by atoms with Gasteiger partial charge in [-0.3, -0.25) is 0 Å². The van der Waals surface area contributed by atoms with Crippen molar-refractivity contribution in [2.75, 3.05) is 0 Å². The van der Waals surface area contributed by atoms with E-state index in [9.17, 15) is 0 Å². The fourth-order valence-electron chi connectivity index (χ4n) is 0.663. The van der Waals surface area contributed by atoms with Crippen LogP contribution < -0.4 is 0 Å². The van der Waals surface area contributed by atoms with Crippen LogP contribution in [0.15, 0.2) is 18.2 Å². The van der Waals surface area contributed by atoms with Crippen LogP contribution in [-0.4, -0.2) is 0 Å². The molecule has 1 radical (unpaired) electrons. The summed E-state index contributed by atoms with van der Waals surface area (Å²) in [6, 6.07) is 10.3. The second-order valence-electron chi connectivity index (χ2n) is 1.88. The lowest BCUT2D eigenvalue weighted by atomic mass is 10.2. The van der Waals surface area contributed by atoms with Crippen molar-refractivity contribution in [3.05, 3.63) is 35.4 Å². The van der Waals surface area contributed by atoms with Crippen LogP contribution in [0.1, 0.15) is 11.1 Å². The van der Waals surface area contributed by atoms with E-state index in [1.165, 1.54) is 0 Å². The second-order valence-corrected chi connectivity index (χ2v) is 2.44. The quantitative estimate of drug-likeness (QED) is 0.630. The number of nitriles is 1. The van der Waals surface area contributed by atoms with Crippen LogP contribution >= 0.6 is 15.9 Å². The molecular weight excluding hydrogens is 190 g/mol. The maximum absolute atomic E-state index is 8.47. The van der Waals surface area contributed by atoms with E-state index in [0.717, 1.165) is 10.9 Å². The van der Waals surface area contributed by atoms with Crippen LogP contribution in [0, 0.1) is 17.4 Å². The third-order valence-corrected chi connectivity index (χ3v) is 1.78. The molecule has 0 aliphatic rings. The van der Waals surface area contributed by atoms with E-state index in [4.69, 9.17) is 5.26 Å². The van der Waals surface area contributed by atoms with Gasteiger partial charge in [0.25, 0.3) is 0 Å². The van der Waals surface area contributed by atoms with E-state index in [0.29, 0.717) is 5.56 Å². The van der Waals surface area contributed by atoms with E-state index in [1.807, 2.05) is 18.2 Å². The van der Waals surface area contributed by atoms with E-state index >= 15 is 0 Å². The standard InChI is InChI=1S/C8H5BrN/c9-5-7-2-1-3-8(4-7)6-10/h2-4H,5H2. The minimum Gasteiger partial charge on any atom is -0.192 e. The molecule has 0 aromatic heterocycles. The zero-order valence-corrected chi connectivity index (χ0v) is 6.85. The highest BCUT2D eigenvalue weighted by atomic mass is 79.9. The van der Waals surface area contributed by atoms with Gasteiger partial charge < -0.3 is 0 Å². The summed E-state index contributed by atoms with van der Waals surface area (Å²) in [5.74, 6) is 0. The molecule has 0 fully saturated rings. The number of nitrogens with zero attached hydrogens (tertiary/aromatic N) is 1. The van der Waals surface area contributed by atoms with Crippen molar-refractivity contribution >= 4 is 15.9 Å². The third kappa shape index (κ3) is 1.58. The molecule has 1 aromatic carbocycles. The molecule has 0 spiro atoms. The van der Waals surface area contributed by atoms with Crippen LogP contribution in [0.2, 0.25) is 0 Å². The van der Waals surface area contributed by atoms with Crippen LogP contribution in [0.3, 0.4) is 0 Å². The Hall–Kier alpha value is -0.810. The summed E-state index contributed by atoms with van der Waals surface area (Å²) in [7, 11) is 0. The largest absolute Gasteiger partial charge is 0.192 e. The monoisotopic (exact) mass is 194 g/mol. The first kappa shape index (κ1) is 7.30. The van der Waals surface area contributed by atoms with E-state index in [1.54, 1.807) is 6.07 Å². The Labute approximate surface area is 68.4 Å². The maximum atomic E-state index is 8.47. The van der Waals surface area contributed by atoms with Crippen LogP contribution in [0.4, 0.5) is 0 Å². The second kappa shape index (κ2) is 3.38. The Morgan fingerprint density at radius 2 is 2.40 bits per heavy atom. The molecule has 49 valence electrons. The van der Waals surface area contributed by atoms with Crippen molar-refractivity contribution in [1.29, 1.82) is 5.26 Å². The summed E-state index contributed by atoms with van der Waals surface area (Å²) in [4.78, 5) is 0. The zero-order chi connectivity index (χ0) is 7.40. The van der Waals surface area contributed by atoms with Gasteiger partial charge in [0.2, 0.25) is 0 Å². The third-order valence-electron chi connectivity index (χ3n) is 1.13. The molecule has 1 rings (SSSR count). The molecule has 0 heterocycles. The van der Waals surface area contributed by atoms with Crippen molar-refractivity contribution in [2.45, 2.75) is 5.33 Å². The van der Waals surface area contributed by atoms with Crippen molar-refractivity contribution in [3.8, 4) is 6.07 Å². The highest BCUT2D eigenvalue weighted by Gasteiger charge is 1.91. The van der Waals surface area contributed by atoms with Crippen molar-refractivity contribution < 1.29 is 0 Å². The minimum absolute atomic E-state index is 0.664. The lowest BCUT2D eigenvalue weighted by Crippen LogP contribution is -1.78.